The fourth-order valence-electron chi connectivity index (χ4n) is 1.95. The molecular weight excluding hydrogens is 270 g/mol. The van der Waals surface area contributed by atoms with E-state index in [9.17, 15) is 10.1 Å². The second kappa shape index (κ2) is 5.36. The van der Waals surface area contributed by atoms with Crippen molar-refractivity contribution in [1.29, 1.82) is 5.26 Å². The summed E-state index contributed by atoms with van der Waals surface area (Å²) >= 11 is 5.79. The summed E-state index contributed by atoms with van der Waals surface area (Å²) in [7, 11) is 0. The van der Waals surface area contributed by atoms with Gasteiger partial charge in [0.1, 0.15) is 5.69 Å². The molecule has 7 nitrogen and oxygen atoms in total. The number of nitriles is 1. The Morgan fingerprint density at radius 3 is 2.79 bits per heavy atom. The maximum atomic E-state index is 11.2. The molecule has 0 spiro atoms. The largest absolute Gasteiger partial charge is 0.347 e. The molecule has 0 unspecified atom stereocenters. The molecule has 8 heteroatoms. The Balaban J connectivity index is 2.45. The lowest BCUT2D eigenvalue weighted by atomic mass is 10.3. The van der Waals surface area contributed by atoms with E-state index < -0.39 is 4.92 Å². The zero-order valence-electron chi connectivity index (χ0n) is 10.3. The van der Waals surface area contributed by atoms with Crippen LogP contribution in [0.15, 0.2) is 0 Å². The van der Waals surface area contributed by atoms with Crippen molar-refractivity contribution in [2.24, 2.45) is 0 Å². The molecule has 1 heterocycles. The van der Waals surface area contributed by atoms with Gasteiger partial charge in [-0.25, -0.2) is 4.98 Å². The molecular formula is C11H12ClN5O2. The predicted octanol–water partition coefficient (Wildman–Crippen LogP) is 2.23. The summed E-state index contributed by atoms with van der Waals surface area (Å²) in [5, 5.41) is 19.8. The van der Waals surface area contributed by atoms with Crippen LogP contribution < -0.4 is 4.90 Å². The molecule has 1 aromatic heterocycles. The topological polar surface area (TPSA) is 96.0 Å². The first-order valence-electron chi connectivity index (χ1n) is 5.86. The molecule has 0 amide bonds. The van der Waals surface area contributed by atoms with Gasteiger partial charge in [0.15, 0.2) is 0 Å². The van der Waals surface area contributed by atoms with Gasteiger partial charge >= 0.3 is 5.69 Å². The number of aryl methyl sites for hydroxylation is 1. The Bertz CT molecular complexity index is 553. The van der Waals surface area contributed by atoms with Crippen molar-refractivity contribution in [3.05, 3.63) is 21.1 Å². The lowest BCUT2D eigenvalue weighted by Crippen LogP contribution is -2.29. The average molecular weight is 282 g/mol. The van der Waals surface area contributed by atoms with Crippen LogP contribution in [0.3, 0.4) is 0 Å². The maximum absolute atomic E-state index is 11.2. The third kappa shape index (κ3) is 2.90. The number of nitrogens with zero attached hydrogens (tertiary/aromatic N) is 5. The molecule has 0 aliphatic heterocycles. The monoisotopic (exact) mass is 281 g/mol. The Morgan fingerprint density at radius 2 is 2.26 bits per heavy atom. The Hall–Kier alpha value is -1.94. The molecule has 0 N–H and O–H groups in total. The number of rotatable bonds is 5. The van der Waals surface area contributed by atoms with Crippen molar-refractivity contribution in [2.75, 3.05) is 11.4 Å². The standard InChI is InChI=1S/C11H12ClN5O2/c1-7-9(17(18)19)10(15-11(12)14-7)16(6-2-5-13)8-3-4-8/h8H,2-4,6H2,1H3. The highest BCUT2D eigenvalue weighted by Gasteiger charge is 2.35. The van der Waals surface area contributed by atoms with Crippen LogP contribution in [0.5, 0.6) is 0 Å². The molecule has 0 radical (unpaired) electrons. The number of halogens is 1. The third-order valence-electron chi connectivity index (χ3n) is 2.92. The van der Waals surface area contributed by atoms with Crippen molar-refractivity contribution in [3.8, 4) is 6.07 Å². The van der Waals surface area contributed by atoms with Crippen LogP contribution in [-0.2, 0) is 0 Å². The lowest BCUT2D eigenvalue weighted by molar-refractivity contribution is -0.385. The molecule has 1 saturated carbocycles. The van der Waals surface area contributed by atoms with Crippen LogP contribution in [0.1, 0.15) is 25.0 Å². The van der Waals surface area contributed by atoms with E-state index in [1.165, 1.54) is 6.92 Å². The molecule has 0 aromatic carbocycles. The van der Waals surface area contributed by atoms with Gasteiger partial charge in [-0.1, -0.05) is 0 Å². The first-order chi connectivity index (χ1) is 9.04. The van der Waals surface area contributed by atoms with Crippen LogP contribution in [0.2, 0.25) is 5.28 Å². The zero-order chi connectivity index (χ0) is 14.0. The van der Waals surface area contributed by atoms with E-state index in [1.54, 1.807) is 4.90 Å². The van der Waals surface area contributed by atoms with E-state index >= 15 is 0 Å². The van der Waals surface area contributed by atoms with Crippen molar-refractivity contribution in [2.45, 2.75) is 32.2 Å². The van der Waals surface area contributed by atoms with Gasteiger partial charge in [-0.2, -0.15) is 10.2 Å². The maximum Gasteiger partial charge on any atom is 0.332 e. The van der Waals surface area contributed by atoms with Crippen LogP contribution in [0, 0.1) is 28.4 Å². The fourth-order valence-corrected chi connectivity index (χ4v) is 2.16. The molecule has 1 aromatic rings. The summed E-state index contributed by atoms with van der Waals surface area (Å²) in [6.07, 6.45) is 2.18. The molecule has 1 aliphatic rings. The van der Waals surface area contributed by atoms with Gasteiger partial charge in [0.25, 0.3) is 0 Å². The second-order valence-electron chi connectivity index (χ2n) is 4.34. The summed E-state index contributed by atoms with van der Waals surface area (Å²) in [6.45, 7) is 1.94. The summed E-state index contributed by atoms with van der Waals surface area (Å²) in [5.74, 6) is 0.222. The fraction of sp³-hybridized carbons (Fsp3) is 0.545. The van der Waals surface area contributed by atoms with E-state index in [2.05, 4.69) is 9.97 Å². The van der Waals surface area contributed by atoms with E-state index in [-0.39, 0.29) is 34.9 Å². The van der Waals surface area contributed by atoms with Crippen molar-refractivity contribution in [1.82, 2.24) is 9.97 Å². The first kappa shape index (κ1) is 13.5. The van der Waals surface area contributed by atoms with Crippen LogP contribution in [0.4, 0.5) is 11.5 Å². The second-order valence-corrected chi connectivity index (χ2v) is 4.68. The SMILES string of the molecule is Cc1nc(Cl)nc(N(CCC#N)C2CC2)c1[N+](=O)[O-]. The van der Waals surface area contributed by atoms with Crippen LogP contribution in [-0.4, -0.2) is 27.5 Å². The van der Waals surface area contributed by atoms with E-state index in [1.807, 2.05) is 6.07 Å². The van der Waals surface area contributed by atoms with Gasteiger partial charge in [-0.15, -0.1) is 0 Å². The van der Waals surface area contributed by atoms with Gasteiger partial charge in [0, 0.05) is 12.6 Å². The zero-order valence-corrected chi connectivity index (χ0v) is 11.1. The van der Waals surface area contributed by atoms with Crippen LogP contribution >= 0.6 is 11.6 Å². The summed E-state index contributed by atoms with van der Waals surface area (Å²) in [6, 6.07) is 2.25. The number of hydrogen-bond acceptors (Lipinski definition) is 6. The van der Waals surface area contributed by atoms with Gasteiger partial charge < -0.3 is 4.90 Å². The molecule has 0 saturated heterocycles. The van der Waals surface area contributed by atoms with Gasteiger partial charge in [0.2, 0.25) is 11.1 Å². The van der Waals surface area contributed by atoms with Crippen molar-refractivity contribution in [3.63, 3.8) is 0 Å². The molecule has 1 fully saturated rings. The quantitative estimate of drug-likeness (QED) is 0.466. The first-order valence-corrected chi connectivity index (χ1v) is 6.24. The van der Waals surface area contributed by atoms with Crippen LogP contribution in [0.25, 0.3) is 0 Å². The number of aromatic nitrogens is 2. The normalized spacial score (nSPS) is 13.9. The van der Waals surface area contributed by atoms with Crippen molar-refractivity contribution < 1.29 is 4.92 Å². The minimum absolute atomic E-state index is 0.0132. The van der Waals surface area contributed by atoms with Gasteiger partial charge in [-0.3, -0.25) is 10.1 Å². The molecule has 1 aliphatic carbocycles. The summed E-state index contributed by atoms with van der Waals surface area (Å²) in [4.78, 5) is 20.3. The summed E-state index contributed by atoms with van der Waals surface area (Å²) in [5.41, 5.74) is 0.108. The third-order valence-corrected chi connectivity index (χ3v) is 3.09. The number of hydrogen-bond donors (Lipinski definition) is 0. The minimum Gasteiger partial charge on any atom is -0.347 e. The molecule has 19 heavy (non-hydrogen) atoms. The van der Waals surface area contributed by atoms with E-state index in [0.717, 1.165) is 12.8 Å². The molecule has 0 bridgehead atoms. The Morgan fingerprint density at radius 1 is 1.58 bits per heavy atom. The minimum atomic E-state index is -0.497. The Labute approximate surface area is 115 Å². The van der Waals surface area contributed by atoms with Gasteiger partial charge in [0.05, 0.1) is 17.4 Å². The van der Waals surface area contributed by atoms with Gasteiger partial charge in [-0.05, 0) is 31.4 Å². The Kier molecular flexibility index (Phi) is 3.81. The summed E-state index contributed by atoms with van der Waals surface area (Å²) < 4.78 is 0. The highest BCUT2D eigenvalue weighted by atomic mass is 35.5. The highest BCUT2D eigenvalue weighted by molar-refractivity contribution is 6.28. The average Bonchev–Trinajstić information content (AvgIpc) is 3.12. The van der Waals surface area contributed by atoms with Crippen molar-refractivity contribution >= 4 is 23.1 Å². The van der Waals surface area contributed by atoms with E-state index in [4.69, 9.17) is 16.9 Å². The number of anilines is 1. The lowest BCUT2D eigenvalue weighted by Gasteiger charge is -2.22. The molecule has 2 rings (SSSR count). The predicted molar refractivity (Wildman–Crippen MR) is 69.0 cm³/mol. The highest BCUT2D eigenvalue weighted by Crippen LogP contribution is 2.37. The smallest absolute Gasteiger partial charge is 0.332 e. The number of nitro groups is 1. The molecule has 0 atom stereocenters. The van der Waals surface area contributed by atoms with E-state index in [0.29, 0.717) is 6.54 Å². The molecule has 100 valence electrons.